The van der Waals surface area contributed by atoms with Crippen LogP contribution in [0.2, 0.25) is 0 Å². The van der Waals surface area contributed by atoms with Crippen LogP contribution in [-0.4, -0.2) is 9.78 Å². The summed E-state index contributed by atoms with van der Waals surface area (Å²) in [6.07, 6.45) is -4.38. The quantitative estimate of drug-likeness (QED) is 0.605. The zero-order chi connectivity index (χ0) is 12.0. The molecule has 15 heavy (non-hydrogen) atoms. The minimum Gasteiger partial charge on any atom is -0.252 e. The first-order chi connectivity index (χ1) is 6.55. The lowest BCUT2D eigenvalue weighted by atomic mass is 10.1. The molecule has 1 aromatic heterocycles. The van der Waals surface area contributed by atoms with Crippen LogP contribution in [0.25, 0.3) is 0 Å². The van der Waals surface area contributed by atoms with E-state index >= 15 is 0 Å². The van der Waals surface area contributed by atoms with E-state index in [0.717, 1.165) is 0 Å². The van der Waals surface area contributed by atoms with Crippen molar-refractivity contribution < 1.29 is 13.2 Å². The van der Waals surface area contributed by atoms with Gasteiger partial charge in [0.1, 0.15) is 13.9 Å². The van der Waals surface area contributed by atoms with Crippen molar-refractivity contribution in [3.63, 3.8) is 0 Å². The summed E-state index contributed by atoms with van der Waals surface area (Å²) in [5, 5.41) is 3.88. The van der Waals surface area contributed by atoms with Crippen LogP contribution in [0.1, 0.15) is 26.3 Å². The van der Waals surface area contributed by atoms with E-state index in [4.69, 9.17) is 0 Å². The molecule has 0 radical (unpaired) electrons. The summed E-state index contributed by atoms with van der Waals surface area (Å²) in [6, 6.07) is 0. The summed E-state index contributed by atoms with van der Waals surface area (Å²) >= 11 is 4.54. The maximum absolute atomic E-state index is 12.6. The van der Waals surface area contributed by atoms with E-state index < -0.39 is 17.3 Å². The van der Waals surface area contributed by atoms with Crippen LogP contribution >= 0.6 is 38.5 Å². The molecule has 86 valence electrons. The van der Waals surface area contributed by atoms with E-state index in [1.165, 1.54) is 4.68 Å². The van der Waals surface area contributed by atoms with Crippen LogP contribution in [-0.2, 0) is 11.7 Å². The number of hydrogen-bond acceptors (Lipinski definition) is 1. The van der Waals surface area contributed by atoms with Gasteiger partial charge >= 0.3 is 6.18 Å². The van der Waals surface area contributed by atoms with Gasteiger partial charge in [-0.2, -0.15) is 18.3 Å². The minimum atomic E-state index is -4.38. The molecular weight excluding hydrogens is 388 g/mol. The summed E-state index contributed by atoms with van der Waals surface area (Å²) in [4.78, 5) is 0. The summed E-state index contributed by atoms with van der Waals surface area (Å²) in [5.41, 5.74) is -1.19. The maximum Gasteiger partial charge on any atom is 0.421 e. The molecule has 0 aliphatic rings. The second kappa shape index (κ2) is 3.90. The van der Waals surface area contributed by atoms with E-state index in [9.17, 15) is 13.2 Å². The molecule has 0 bridgehead atoms. The van der Waals surface area contributed by atoms with Crippen LogP contribution in [0.5, 0.6) is 0 Å². The van der Waals surface area contributed by atoms with Crippen molar-refractivity contribution in [1.82, 2.24) is 9.78 Å². The molecule has 1 rings (SSSR count). The number of halogens is 5. The van der Waals surface area contributed by atoms with Crippen LogP contribution in [0, 0.1) is 3.70 Å². The molecule has 0 unspecified atom stereocenters. The Morgan fingerprint density at radius 2 is 1.73 bits per heavy atom. The smallest absolute Gasteiger partial charge is 0.252 e. The lowest BCUT2D eigenvalue weighted by Crippen LogP contribution is -2.23. The third kappa shape index (κ3) is 2.66. The van der Waals surface area contributed by atoms with Gasteiger partial charge in [-0.3, -0.25) is 4.68 Å². The van der Waals surface area contributed by atoms with Crippen LogP contribution in [0.4, 0.5) is 13.2 Å². The van der Waals surface area contributed by atoms with Crippen molar-refractivity contribution in [1.29, 1.82) is 0 Å². The highest BCUT2D eigenvalue weighted by Crippen LogP contribution is 2.39. The molecule has 0 spiro atoms. The highest BCUT2D eigenvalue weighted by atomic mass is 127. The van der Waals surface area contributed by atoms with Gasteiger partial charge in [0, 0.05) is 0 Å². The van der Waals surface area contributed by atoms with Gasteiger partial charge in [-0.05, 0) is 59.3 Å². The van der Waals surface area contributed by atoms with E-state index in [2.05, 4.69) is 21.0 Å². The van der Waals surface area contributed by atoms with Crippen LogP contribution in [0.3, 0.4) is 0 Å². The topological polar surface area (TPSA) is 17.8 Å². The van der Waals surface area contributed by atoms with E-state index in [1.54, 1.807) is 43.4 Å². The van der Waals surface area contributed by atoms with Crippen molar-refractivity contribution in [2.24, 2.45) is 0 Å². The SMILES string of the molecule is CC(C)(C)n1nc(I)c(C(F)(F)F)c1Br. The lowest BCUT2D eigenvalue weighted by Gasteiger charge is -2.20. The molecule has 0 aromatic carbocycles. The Morgan fingerprint density at radius 1 is 1.27 bits per heavy atom. The van der Waals surface area contributed by atoms with Gasteiger partial charge in [0.2, 0.25) is 0 Å². The van der Waals surface area contributed by atoms with Crippen molar-refractivity contribution in [2.75, 3.05) is 0 Å². The Bertz CT molecular complexity index is 378. The second-order valence-electron chi connectivity index (χ2n) is 4.04. The fraction of sp³-hybridized carbons (Fsp3) is 0.625. The van der Waals surface area contributed by atoms with Crippen molar-refractivity contribution in [3.05, 3.63) is 13.9 Å². The van der Waals surface area contributed by atoms with Gasteiger partial charge in [-0.25, -0.2) is 0 Å². The average molecular weight is 397 g/mol. The van der Waals surface area contributed by atoms with Gasteiger partial charge in [0.15, 0.2) is 0 Å². The molecule has 0 aliphatic heterocycles. The molecule has 0 amide bonds. The first-order valence-corrected chi connectivity index (χ1v) is 5.94. The third-order valence-electron chi connectivity index (χ3n) is 1.71. The Labute approximate surface area is 107 Å². The predicted molar refractivity (Wildman–Crippen MR) is 62.6 cm³/mol. The summed E-state index contributed by atoms with van der Waals surface area (Å²) in [7, 11) is 0. The lowest BCUT2D eigenvalue weighted by molar-refractivity contribution is -0.139. The molecule has 0 saturated heterocycles. The molecule has 0 atom stereocenters. The summed E-state index contributed by atoms with van der Waals surface area (Å²) in [6.45, 7) is 5.38. The van der Waals surface area contributed by atoms with E-state index in [-0.39, 0.29) is 8.30 Å². The van der Waals surface area contributed by atoms with E-state index in [1.807, 2.05) is 0 Å². The van der Waals surface area contributed by atoms with Gasteiger partial charge in [-0.15, -0.1) is 0 Å². The average Bonchev–Trinajstić information content (AvgIpc) is 2.22. The molecule has 1 heterocycles. The van der Waals surface area contributed by atoms with Gasteiger partial charge in [0.05, 0.1) is 5.54 Å². The molecule has 7 heteroatoms. The fourth-order valence-electron chi connectivity index (χ4n) is 1.05. The highest BCUT2D eigenvalue weighted by molar-refractivity contribution is 14.1. The normalized spacial score (nSPS) is 13.3. The minimum absolute atomic E-state index is 0.0214. The van der Waals surface area contributed by atoms with Gasteiger partial charge in [-0.1, -0.05) is 0 Å². The largest absolute Gasteiger partial charge is 0.421 e. The second-order valence-corrected chi connectivity index (χ2v) is 5.81. The molecule has 0 N–H and O–H groups in total. The zero-order valence-corrected chi connectivity index (χ0v) is 12.0. The highest BCUT2D eigenvalue weighted by Gasteiger charge is 2.40. The standard InChI is InChI=1S/C8H9BrF3IN2/c1-7(2,3)15-5(9)4(6(13)14-15)8(10,11)12/h1-3H3. The Hall–Kier alpha value is 0.210. The van der Waals surface area contributed by atoms with Crippen LogP contribution < -0.4 is 0 Å². The molecule has 1 aromatic rings. The Balaban J connectivity index is 3.41. The summed E-state index contributed by atoms with van der Waals surface area (Å²) < 4.78 is 39.1. The first-order valence-electron chi connectivity index (χ1n) is 4.07. The third-order valence-corrected chi connectivity index (χ3v) is 3.19. The molecule has 2 nitrogen and oxygen atoms in total. The predicted octanol–water partition coefficient (Wildman–Crippen LogP) is 4.02. The number of aromatic nitrogens is 2. The molecule has 0 saturated carbocycles. The molecular formula is C8H9BrF3IN2. The Kier molecular flexibility index (Phi) is 3.45. The maximum atomic E-state index is 12.6. The molecule has 0 aliphatic carbocycles. The first kappa shape index (κ1) is 13.3. The summed E-state index contributed by atoms with van der Waals surface area (Å²) in [5.74, 6) is 0. The zero-order valence-electron chi connectivity index (χ0n) is 8.28. The van der Waals surface area contributed by atoms with Gasteiger partial charge in [0.25, 0.3) is 0 Å². The monoisotopic (exact) mass is 396 g/mol. The van der Waals surface area contributed by atoms with Crippen molar-refractivity contribution in [2.45, 2.75) is 32.5 Å². The number of hydrogen-bond donors (Lipinski definition) is 0. The van der Waals surface area contributed by atoms with Gasteiger partial charge < -0.3 is 0 Å². The number of alkyl halides is 3. The van der Waals surface area contributed by atoms with Crippen molar-refractivity contribution >= 4 is 38.5 Å². The number of rotatable bonds is 0. The van der Waals surface area contributed by atoms with E-state index in [0.29, 0.717) is 0 Å². The Morgan fingerprint density at radius 3 is 1.93 bits per heavy atom. The van der Waals surface area contributed by atoms with Crippen LogP contribution in [0.15, 0.2) is 4.60 Å². The fourth-order valence-corrected chi connectivity index (χ4v) is 3.22. The number of nitrogens with zero attached hydrogens (tertiary/aromatic N) is 2. The van der Waals surface area contributed by atoms with Crippen molar-refractivity contribution in [3.8, 4) is 0 Å². The molecule has 0 fully saturated rings.